The summed E-state index contributed by atoms with van der Waals surface area (Å²) in [6.45, 7) is 10.1. The Kier molecular flexibility index (Phi) is 6.60. The number of nitrogens with zero attached hydrogens (tertiary/aromatic N) is 1. The highest BCUT2D eigenvalue weighted by atomic mass is 16.5. The van der Waals surface area contributed by atoms with Gasteiger partial charge in [-0.2, -0.15) is 0 Å². The van der Waals surface area contributed by atoms with E-state index in [1.54, 1.807) is 7.11 Å². The number of hydrogen-bond acceptors (Lipinski definition) is 3. The first-order chi connectivity index (χ1) is 11.0. The van der Waals surface area contributed by atoms with Crippen LogP contribution in [0.25, 0.3) is 0 Å². The Hall–Kier alpha value is -1.39. The molecule has 0 radical (unpaired) electrons. The smallest absolute Gasteiger partial charge is 0.225 e. The van der Waals surface area contributed by atoms with E-state index in [1.807, 2.05) is 18.7 Å². The van der Waals surface area contributed by atoms with Crippen LogP contribution in [0.4, 0.5) is 0 Å². The molecule has 1 saturated heterocycles. The summed E-state index contributed by atoms with van der Waals surface area (Å²) in [6.07, 6.45) is 0. The van der Waals surface area contributed by atoms with Crippen molar-refractivity contribution < 1.29 is 9.53 Å². The van der Waals surface area contributed by atoms with Gasteiger partial charge in [-0.25, -0.2) is 0 Å². The first-order valence-corrected chi connectivity index (χ1v) is 8.58. The second-order valence-corrected chi connectivity index (χ2v) is 6.81. The van der Waals surface area contributed by atoms with Crippen LogP contribution in [0.5, 0.6) is 0 Å². The van der Waals surface area contributed by atoms with E-state index in [0.29, 0.717) is 25.0 Å². The number of nitrogens with one attached hydrogen (secondary N) is 1. The average Bonchev–Trinajstić information content (AvgIpc) is 2.99. The summed E-state index contributed by atoms with van der Waals surface area (Å²) in [6, 6.07) is 8.60. The lowest BCUT2D eigenvalue weighted by Crippen LogP contribution is -2.41. The molecule has 0 bridgehead atoms. The summed E-state index contributed by atoms with van der Waals surface area (Å²) in [4.78, 5) is 14.5. The van der Waals surface area contributed by atoms with Gasteiger partial charge in [0.2, 0.25) is 5.91 Å². The average molecular weight is 318 g/mol. The summed E-state index contributed by atoms with van der Waals surface area (Å²) in [5, 5.41) is 3.51. The number of aryl methyl sites for hydroxylation is 1. The van der Waals surface area contributed by atoms with Gasteiger partial charge < -0.3 is 15.0 Å². The molecule has 1 fully saturated rings. The van der Waals surface area contributed by atoms with Crippen LogP contribution in [0.3, 0.4) is 0 Å². The van der Waals surface area contributed by atoms with Gasteiger partial charge >= 0.3 is 0 Å². The SMILES string of the molecule is COCCN(CC1CNCC1c1ccccc1C)C(=O)C(C)C. The molecular weight excluding hydrogens is 288 g/mol. The lowest BCUT2D eigenvalue weighted by molar-refractivity contribution is -0.135. The number of amides is 1. The Morgan fingerprint density at radius 3 is 2.74 bits per heavy atom. The van der Waals surface area contributed by atoms with Crippen molar-refractivity contribution >= 4 is 5.91 Å². The molecule has 128 valence electrons. The zero-order valence-corrected chi connectivity index (χ0v) is 14.8. The van der Waals surface area contributed by atoms with Crippen molar-refractivity contribution in [3.63, 3.8) is 0 Å². The first kappa shape index (κ1) is 18.0. The molecule has 1 N–H and O–H groups in total. The molecule has 1 heterocycles. The van der Waals surface area contributed by atoms with E-state index in [0.717, 1.165) is 19.6 Å². The molecule has 2 atom stereocenters. The summed E-state index contributed by atoms with van der Waals surface area (Å²) in [5.41, 5.74) is 2.75. The van der Waals surface area contributed by atoms with Crippen LogP contribution >= 0.6 is 0 Å². The van der Waals surface area contributed by atoms with Crippen molar-refractivity contribution in [3.05, 3.63) is 35.4 Å². The number of carbonyl (C=O) groups is 1. The van der Waals surface area contributed by atoms with Crippen molar-refractivity contribution in [2.45, 2.75) is 26.7 Å². The van der Waals surface area contributed by atoms with Crippen molar-refractivity contribution in [3.8, 4) is 0 Å². The second kappa shape index (κ2) is 8.46. The van der Waals surface area contributed by atoms with Crippen LogP contribution in [0.2, 0.25) is 0 Å². The molecule has 0 spiro atoms. The molecule has 1 aliphatic heterocycles. The summed E-state index contributed by atoms with van der Waals surface area (Å²) >= 11 is 0. The summed E-state index contributed by atoms with van der Waals surface area (Å²) < 4.78 is 5.19. The van der Waals surface area contributed by atoms with Gasteiger partial charge in [0, 0.05) is 45.1 Å². The predicted octanol–water partition coefficient (Wildman–Crippen LogP) is 2.43. The molecule has 1 amide bonds. The van der Waals surface area contributed by atoms with E-state index in [-0.39, 0.29) is 11.8 Å². The van der Waals surface area contributed by atoms with Crippen molar-refractivity contribution in [2.24, 2.45) is 11.8 Å². The molecule has 0 saturated carbocycles. The molecule has 4 heteroatoms. The fourth-order valence-corrected chi connectivity index (χ4v) is 3.43. The van der Waals surface area contributed by atoms with Gasteiger partial charge in [0.05, 0.1) is 6.61 Å². The predicted molar refractivity (Wildman–Crippen MR) is 93.6 cm³/mol. The van der Waals surface area contributed by atoms with Crippen molar-refractivity contribution in [1.82, 2.24) is 10.2 Å². The molecule has 4 nitrogen and oxygen atoms in total. The molecule has 23 heavy (non-hydrogen) atoms. The molecule has 2 rings (SSSR count). The van der Waals surface area contributed by atoms with E-state index in [4.69, 9.17) is 4.74 Å². The highest BCUT2D eigenvalue weighted by Gasteiger charge is 2.32. The van der Waals surface area contributed by atoms with Gasteiger partial charge in [-0.05, 0) is 24.0 Å². The summed E-state index contributed by atoms with van der Waals surface area (Å²) in [5.74, 6) is 1.17. The Balaban J connectivity index is 2.11. The quantitative estimate of drug-likeness (QED) is 0.839. The zero-order valence-electron chi connectivity index (χ0n) is 14.8. The minimum atomic E-state index is 0.0260. The minimum Gasteiger partial charge on any atom is -0.383 e. The Morgan fingerprint density at radius 1 is 1.35 bits per heavy atom. The lowest BCUT2D eigenvalue weighted by atomic mass is 9.86. The van der Waals surface area contributed by atoms with E-state index >= 15 is 0 Å². The summed E-state index contributed by atoms with van der Waals surface area (Å²) in [7, 11) is 1.69. The first-order valence-electron chi connectivity index (χ1n) is 8.58. The molecule has 1 aliphatic rings. The zero-order chi connectivity index (χ0) is 16.8. The Morgan fingerprint density at radius 2 is 2.09 bits per heavy atom. The van der Waals surface area contributed by atoms with E-state index in [2.05, 4.69) is 36.5 Å². The van der Waals surface area contributed by atoms with Crippen LogP contribution < -0.4 is 5.32 Å². The highest BCUT2D eigenvalue weighted by molar-refractivity contribution is 5.78. The van der Waals surface area contributed by atoms with E-state index in [1.165, 1.54) is 11.1 Å². The van der Waals surface area contributed by atoms with E-state index < -0.39 is 0 Å². The van der Waals surface area contributed by atoms with Gasteiger partial charge in [-0.3, -0.25) is 4.79 Å². The number of methoxy groups -OCH3 is 1. The molecule has 2 unspecified atom stereocenters. The molecular formula is C19H30N2O2. The fraction of sp³-hybridized carbons (Fsp3) is 0.632. The largest absolute Gasteiger partial charge is 0.383 e. The molecule has 0 aliphatic carbocycles. The van der Waals surface area contributed by atoms with Gasteiger partial charge in [0.15, 0.2) is 0 Å². The Labute approximate surface area is 140 Å². The molecule has 1 aromatic carbocycles. The van der Waals surface area contributed by atoms with Gasteiger partial charge in [-0.1, -0.05) is 38.1 Å². The van der Waals surface area contributed by atoms with Crippen LogP contribution in [-0.2, 0) is 9.53 Å². The van der Waals surface area contributed by atoms with Crippen molar-refractivity contribution in [2.75, 3.05) is 39.9 Å². The monoisotopic (exact) mass is 318 g/mol. The number of hydrogen-bond donors (Lipinski definition) is 1. The number of benzene rings is 1. The third-order valence-corrected chi connectivity index (χ3v) is 4.75. The third-order valence-electron chi connectivity index (χ3n) is 4.75. The second-order valence-electron chi connectivity index (χ2n) is 6.81. The van der Waals surface area contributed by atoms with Crippen LogP contribution in [0.1, 0.15) is 30.9 Å². The fourth-order valence-electron chi connectivity index (χ4n) is 3.43. The van der Waals surface area contributed by atoms with Gasteiger partial charge in [0.25, 0.3) is 0 Å². The number of ether oxygens (including phenoxy) is 1. The van der Waals surface area contributed by atoms with Crippen LogP contribution in [0.15, 0.2) is 24.3 Å². The van der Waals surface area contributed by atoms with Crippen LogP contribution in [-0.4, -0.2) is 50.7 Å². The maximum atomic E-state index is 12.5. The maximum Gasteiger partial charge on any atom is 0.225 e. The maximum absolute atomic E-state index is 12.5. The standard InChI is InChI=1S/C19H30N2O2/c1-14(2)19(22)21(9-10-23-4)13-16-11-20-12-18(16)17-8-6-5-7-15(17)3/h5-8,14,16,18,20H,9-13H2,1-4H3. The molecule has 0 aromatic heterocycles. The minimum absolute atomic E-state index is 0.0260. The highest BCUT2D eigenvalue weighted by Crippen LogP contribution is 2.31. The Bertz CT molecular complexity index is 516. The number of rotatable bonds is 7. The van der Waals surface area contributed by atoms with Crippen molar-refractivity contribution in [1.29, 1.82) is 0 Å². The molecule has 1 aromatic rings. The van der Waals surface area contributed by atoms with E-state index in [9.17, 15) is 4.79 Å². The van der Waals surface area contributed by atoms with Crippen LogP contribution in [0, 0.1) is 18.8 Å². The number of carbonyl (C=O) groups excluding carboxylic acids is 1. The lowest BCUT2D eigenvalue weighted by Gasteiger charge is -2.30. The normalized spacial score (nSPS) is 20.9. The van der Waals surface area contributed by atoms with Gasteiger partial charge in [-0.15, -0.1) is 0 Å². The third kappa shape index (κ3) is 4.55. The van der Waals surface area contributed by atoms with Gasteiger partial charge in [0.1, 0.15) is 0 Å². The topological polar surface area (TPSA) is 41.6 Å².